The van der Waals surface area contributed by atoms with Crippen LogP contribution in [0.3, 0.4) is 0 Å². The number of methoxy groups -OCH3 is 2. The highest BCUT2D eigenvalue weighted by Crippen LogP contribution is 2.36. The van der Waals surface area contributed by atoms with Gasteiger partial charge in [0, 0.05) is 6.07 Å². The molecule has 0 saturated heterocycles. The molecule has 1 aliphatic heterocycles. The molecule has 0 atom stereocenters. The number of amides is 2. The van der Waals surface area contributed by atoms with Crippen molar-refractivity contribution in [3.63, 3.8) is 0 Å². The van der Waals surface area contributed by atoms with E-state index in [1.54, 1.807) is 49.6 Å². The van der Waals surface area contributed by atoms with Crippen molar-refractivity contribution in [2.24, 2.45) is 0 Å². The number of hydrogen-bond acceptors (Lipinski definition) is 5. The molecule has 0 radical (unpaired) electrons. The number of rotatable bonds is 6. The predicted molar refractivity (Wildman–Crippen MR) is 115 cm³/mol. The fourth-order valence-electron chi connectivity index (χ4n) is 3.37. The summed E-state index contributed by atoms with van der Waals surface area (Å²) in [5.74, 6) is 0.303. The van der Waals surface area contributed by atoms with Gasteiger partial charge in [0.05, 0.1) is 31.2 Å². The molecule has 0 aliphatic carbocycles. The summed E-state index contributed by atoms with van der Waals surface area (Å²) in [7, 11) is 3.10. The highest BCUT2D eigenvalue weighted by molar-refractivity contribution is 6.46. The van der Waals surface area contributed by atoms with Crippen LogP contribution in [-0.2, 0) is 9.59 Å². The van der Waals surface area contributed by atoms with Crippen molar-refractivity contribution >= 4 is 28.8 Å². The molecule has 0 aromatic heterocycles. The molecule has 3 aromatic rings. The first-order valence-corrected chi connectivity index (χ1v) is 9.36. The Kier molecular flexibility index (Phi) is 5.22. The molecule has 0 fully saturated rings. The number of carbonyl (C=O) groups excluding carboxylic acids is 2. The van der Waals surface area contributed by atoms with Gasteiger partial charge in [0.1, 0.15) is 17.2 Å². The average Bonchev–Trinajstić information content (AvgIpc) is 3.04. The van der Waals surface area contributed by atoms with Crippen LogP contribution in [0.5, 0.6) is 11.5 Å². The van der Waals surface area contributed by atoms with Crippen molar-refractivity contribution < 1.29 is 19.1 Å². The summed E-state index contributed by atoms with van der Waals surface area (Å²) in [6, 6.07) is 23.2. The van der Waals surface area contributed by atoms with E-state index in [-0.39, 0.29) is 11.6 Å². The molecule has 0 unspecified atom stereocenters. The van der Waals surface area contributed by atoms with E-state index in [9.17, 15) is 9.59 Å². The lowest BCUT2D eigenvalue weighted by Crippen LogP contribution is -2.32. The third-order valence-electron chi connectivity index (χ3n) is 4.83. The van der Waals surface area contributed by atoms with Crippen LogP contribution >= 0.6 is 0 Å². The van der Waals surface area contributed by atoms with Crippen molar-refractivity contribution in [1.29, 1.82) is 0 Å². The van der Waals surface area contributed by atoms with E-state index in [1.165, 1.54) is 12.0 Å². The Bertz CT molecular complexity index is 1120. The molecule has 6 nitrogen and oxygen atoms in total. The van der Waals surface area contributed by atoms with Gasteiger partial charge in [-0.2, -0.15) is 0 Å². The Morgan fingerprint density at radius 3 is 2.07 bits per heavy atom. The average molecular weight is 400 g/mol. The second-order valence-electron chi connectivity index (χ2n) is 6.59. The molecule has 1 aliphatic rings. The van der Waals surface area contributed by atoms with Crippen LogP contribution in [0.15, 0.2) is 84.6 Å². The van der Waals surface area contributed by atoms with Gasteiger partial charge in [-0.1, -0.05) is 48.5 Å². The van der Waals surface area contributed by atoms with Crippen LogP contribution in [-0.4, -0.2) is 26.0 Å². The van der Waals surface area contributed by atoms with Gasteiger partial charge in [-0.3, -0.25) is 9.59 Å². The van der Waals surface area contributed by atoms with Gasteiger partial charge in [-0.05, 0) is 29.8 Å². The highest BCUT2D eigenvalue weighted by Gasteiger charge is 2.40. The molecule has 0 spiro atoms. The Morgan fingerprint density at radius 1 is 0.767 bits per heavy atom. The molecule has 3 aromatic carbocycles. The molecule has 2 amide bonds. The summed E-state index contributed by atoms with van der Waals surface area (Å²) in [5, 5.41) is 3.13. The van der Waals surface area contributed by atoms with Crippen LogP contribution in [0, 0.1) is 0 Å². The predicted octanol–water partition coefficient (Wildman–Crippen LogP) is 4.10. The van der Waals surface area contributed by atoms with Crippen molar-refractivity contribution in [1.82, 2.24) is 0 Å². The van der Waals surface area contributed by atoms with E-state index in [2.05, 4.69) is 5.32 Å². The maximum absolute atomic E-state index is 13.3. The van der Waals surface area contributed by atoms with E-state index in [0.29, 0.717) is 34.0 Å². The third kappa shape index (κ3) is 3.39. The van der Waals surface area contributed by atoms with Gasteiger partial charge in [-0.15, -0.1) is 0 Å². The zero-order chi connectivity index (χ0) is 21.1. The molecule has 1 N–H and O–H groups in total. The number of para-hydroxylation sites is 1. The van der Waals surface area contributed by atoms with E-state index < -0.39 is 5.91 Å². The normalized spacial score (nSPS) is 13.6. The molecule has 1 heterocycles. The Labute approximate surface area is 174 Å². The number of nitrogens with one attached hydrogen (secondary N) is 1. The monoisotopic (exact) mass is 400 g/mol. The van der Waals surface area contributed by atoms with Gasteiger partial charge < -0.3 is 14.8 Å². The molecule has 4 rings (SSSR count). The lowest BCUT2D eigenvalue weighted by molar-refractivity contribution is -0.120. The number of anilines is 2. The number of benzene rings is 3. The SMILES string of the molecule is COc1ccc(NC2=C(c3ccccc3)C(=O)N(c3ccccc3)C2=O)c(OC)c1. The van der Waals surface area contributed by atoms with E-state index >= 15 is 0 Å². The number of hydrogen-bond donors (Lipinski definition) is 1. The lowest BCUT2D eigenvalue weighted by atomic mass is 10.0. The fourth-order valence-corrected chi connectivity index (χ4v) is 3.37. The topological polar surface area (TPSA) is 67.9 Å². The van der Waals surface area contributed by atoms with Gasteiger partial charge in [-0.25, -0.2) is 4.90 Å². The first-order valence-electron chi connectivity index (χ1n) is 9.36. The maximum atomic E-state index is 13.3. The number of nitrogens with zero attached hydrogens (tertiary/aromatic N) is 1. The van der Waals surface area contributed by atoms with Gasteiger partial charge in [0.25, 0.3) is 11.8 Å². The summed E-state index contributed by atoms with van der Waals surface area (Å²) >= 11 is 0. The summed E-state index contributed by atoms with van der Waals surface area (Å²) in [4.78, 5) is 27.9. The minimum Gasteiger partial charge on any atom is -0.497 e. The van der Waals surface area contributed by atoms with Crippen LogP contribution in [0.1, 0.15) is 5.56 Å². The molecule has 30 heavy (non-hydrogen) atoms. The van der Waals surface area contributed by atoms with E-state index in [4.69, 9.17) is 9.47 Å². The Morgan fingerprint density at radius 2 is 1.43 bits per heavy atom. The Balaban J connectivity index is 1.82. The molecular formula is C24H20N2O4. The minimum atomic E-state index is -0.428. The summed E-state index contributed by atoms with van der Waals surface area (Å²) in [5.41, 5.74) is 2.22. The smallest absolute Gasteiger partial charge is 0.282 e. The van der Waals surface area contributed by atoms with Crippen molar-refractivity contribution in [3.05, 3.63) is 90.1 Å². The van der Waals surface area contributed by atoms with Crippen LogP contribution in [0.2, 0.25) is 0 Å². The summed E-state index contributed by atoms with van der Waals surface area (Å²) in [6.07, 6.45) is 0. The van der Waals surface area contributed by atoms with Gasteiger partial charge in [0.2, 0.25) is 0 Å². The lowest BCUT2D eigenvalue weighted by Gasteiger charge is -2.16. The standard InChI is InChI=1S/C24H20N2O4/c1-29-18-13-14-19(20(15-18)30-2)25-22-21(16-9-5-3-6-10-16)23(27)26(24(22)28)17-11-7-4-8-12-17/h3-15,25H,1-2H3. The zero-order valence-corrected chi connectivity index (χ0v) is 16.6. The molecule has 0 saturated carbocycles. The molecular weight excluding hydrogens is 380 g/mol. The molecule has 0 bridgehead atoms. The van der Waals surface area contributed by atoms with E-state index in [1.807, 2.05) is 36.4 Å². The zero-order valence-electron chi connectivity index (χ0n) is 16.6. The summed E-state index contributed by atoms with van der Waals surface area (Å²) in [6.45, 7) is 0. The highest BCUT2D eigenvalue weighted by atomic mass is 16.5. The Hall–Kier alpha value is -4.06. The first-order chi connectivity index (χ1) is 14.6. The third-order valence-corrected chi connectivity index (χ3v) is 4.83. The van der Waals surface area contributed by atoms with E-state index in [0.717, 1.165) is 0 Å². The van der Waals surface area contributed by atoms with Crippen molar-refractivity contribution in [2.75, 3.05) is 24.4 Å². The van der Waals surface area contributed by atoms with Crippen LogP contribution < -0.4 is 19.7 Å². The minimum absolute atomic E-state index is 0.193. The van der Waals surface area contributed by atoms with Crippen LogP contribution in [0.25, 0.3) is 5.57 Å². The van der Waals surface area contributed by atoms with Gasteiger partial charge in [0.15, 0.2) is 0 Å². The second kappa shape index (κ2) is 8.13. The number of carbonyl (C=O) groups is 2. The second-order valence-corrected chi connectivity index (χ2v) is 6.59. The van der Waals surface area contributed by atoms with Crippen LogP contribution in [0.4, 0.5) is 11.4 Å². The maximum Gasteiger partial charge on any atom is 0.282 e. The molecule has 6 heteroatoms. The largest absolute Gasteiger partial charge is 0.497 e. The molecule has 150 valence electrons. The quantitative estimate of drug-likeness (QED) is 0.631. The van der Waals surface area contributed by atoms with Crippen molar-refractivity contribution in [3.8, 4) is 11.5 Å². The number of imide groups is 1. The fraction of sp³-hybridized carbons (Fsp3) is 0.0833. The van der Waals surface area contributed by atoms with Crippen molar-refractivity contribution in [2.45, 2.75) is 0 Å². The number of ether oxygens (including phenoxy) is 2. The first kappa shape index (κ1) is 19.3. The van der Waals surface area contributed by atoms with Gasteiger partial charge >= 0.3 is 0 Å². The summed E-state index contributed by atoms with van der Waals surface area (Å²) < 4.78 is 10.7.